The molecular formula is C9H13F3O2. The van der Waals surface area contributed by atoms with Crippen molar-refractivity contribution in [1.82, 2.24) is 0 Å². The minimum Gasteiger partial charge on any atom is -0.465 e. The van der Waals surface area contributed by atoms with Crippen molar-refractivity contribution in [2.75, 3.05) is 6.61 Å². The molecule has 0 aromatic heterocycles. The normalized spacial score (nSPS) is 25.3. The summed E-state index contributed by atoms with van der Waals surface area (Å²) >= 11 is 0. The highest BCUT2D eigenvalue weighted by molar-refractivity contribution is 5.74. The smallest absolute Gasteiger partial charge is 0.392 e. The average molecular weight is 210 g/mol. The second-order valence-corrected chi connectivity index (χ2v) is 3.87. The van der Waals surface area contributed by atoms with E-state index in [1.807, 2.05) is 0 Å². The number of esters is 1. The number of hydrogen-bond acceptors (Lipinski definition) is 2. The van der Waals surface area contributed by atoms with Crippen molar-refractivity contribution in [3.63, 3.8) is 0 Å². The van der Waals surface area contributed by atoms with Gasteiger partial charge in [0.25, 0.3) is 0 Å². The number of hydrogen-bond donors (Lipinski definition) is 0. The molecule has 0 aliphatic carbocycles. The maximum absolute atomic E-state index is 12.6. The second kappa shape index (κ2) is 3.79. The number of rotatable bonds is 2. The highest BCUT2D eigenvalue weighted by atomic mass is 19.4. The van der Waals surface area contributed by atoms with Crippen LogP contribution in [0.5, 0.6) is 0 Å². The summed E-state index contributed by atoms with van der Waals surface area (Å²) < 4.78 is 42.3. The van der Waals surface area contributed by atoms with Crippen molar-refractivity contribution < 1.29 is 22.7 Å². The van der Waals surface area contributed by atoms with Crippen LogP contribution in [-0.2, 0) is 9.53 Å². The van der Waals surface area contributed by atoms with E-state index in [4.69, 9.17) is 0 Å². The van der Waals surface area contributed by atoms with Crippen LogP contribution in [0.25, 0.3) is 0 Å². The van der Waals surface area contributed by atoms with E-state index in [9.17, 15) is 18.0 Å². The predicted octanol–water partition coefficient (Wildman–Crippen LogP) is 2.38. The third-order valence-electron chi connectivity index (χ3n) is 2.51. The first kappa shape index (κ1) is 11.3. The fourth-order valence-corrected chi connectivity index (χ4v) is 1.91. The van der Waals surface area contributed by atoms with E-state index < -0.39 is 29.9 Å². The first-order valence-corrected chi connectivity index (χ1v) is 4.57. The SMILES string of the molecule is CC(C)C(C1CCOC1=O)C(F)(F)F. The Morgan fingerprint density at radius 3 is 2.29 bits per heavy atom. The van der Waals surface area contributed by atoms with Gasteiger partial charge in [-0.1, -0.05) is 13.8 Å². The van der Waals surface area contributed by atoms with E-state index in [2.05, 4.69) is 4.74 Å². The highest BCUT2D eigenvalue weighted by Crippen LogP contribution is 2.41. The van der Waals surface area contributed by atoms with Gasteiger partial charge in [0.2, 0.25) is 0 Å². The van der Waals surface area contributed by atoms with Gasteiger partial charge in [-0.3, -0.25) is 4.79 Å². The predicted molar refractivity (Wildman–Crippen MR) is 43.4 cm³/mol. The monoisotopic (exact) mass is 210 g/mol. The van der Waals surface area contributed by atoms with Gasteiger partial charge in [0.15, 0.2) is 0 Å². The Bertz CT molecular complexity index is 223. The van der Waals surface area contributed by atoms with Crippen molar-refractivity contribution in [3.05, 3.63) is 0 Å². The Morgan fingerprint density at radius 2 is 2.00 bits per heavy atom. The molecule has 5 heteroatoms. The molecular weight excluding hydrogens is 197 g/mol. The fraction of sp³-hybridized carbons (Fsp3) is 0.889. The highest BCUT2D eigenvalue weighted by Gasteiger charge is 2.50. The van der Waals surface area contributed by atoms with Crippen molar-refractivity contribution in [2.45, 2.75) is 26.4 Å². The zero-order valence-corrected chi connectivity index (χ0v) is 8.10. The maximum atomic E-state index is 12.6. The van der Waals surface area contributed by atoms with Crippen molar-refractivity contribution >= 4 is 5.97 Å². The van der Waals surface area contributed by atoms with Crippen LogP contribution < -0.4 is 0 Å². The molecule has 1 aliphatic heterocycles. The topological polar surface area (TPSA) is 26.3 Å². The van der Waals surface area contributed by atoms with Gasteiger partial charge in [0.1, 0.15) is 0 Å². The second-order valence-electron chi connectivity index (χ2n) is 3.87. The standard InChI is InChI=1S/C9H13F3O2/c1-5(2)7(9(10,11)12)6-3-4-14-8(6)13/h5-7H,3-4H2,1-2H3. The number of carbonyl (C=O) groups excluding carboxylic acids is 1. The molecule has 0 radical (unpaired) electrons. The third-order valence-corrected chi connectivity index (χ3v) is 2.51. The molecule has 1 saturated heterocycles. The zero-order valence-electron chi connectivity index (χ0n) is 8.10. The number of carbonyl (C=O) groups is 1. The molecule has 14 heavy (non-hydrogen) atoms. The molecule has 2 atom stereocenters. The Balaban J connectivity index is 2.83. The van der Waals surface area contributed by atoms with Crippen LogP contribution in [0.2, 0.25) is 0 Å². The lowest BCUT2D eigenvalue weighted by atomic mass is 9.82. The molecule has 0 aromatic rings. The van der Waals surface area contributed by atoms with E-state index >= 15 is 0 Å². The van der Waals surface area contributed by atoms with Crippen LogP contribution >= 0.6 is 0 Å². The summed E-state index contributed by atoms with van der Waals surface area (Å²) in [6, 6.07) is 0. The lowest BCUT2D eigenvalue weighted by Gasteiger charge is -2.26. The molecule has 0 spiro atoms. The van der Waals surface area contributed by atoms with Gasteiger partial charge < -0.3 is 4.74 Å². The van der Waals surface area contributed by atoms with Gasteiger partial charge in [-0.2, -0.15) is 13.2 Å². The summed E-state index contributed by atoms with van der Waals surface area (Å²) in [4.78, 5) is 11.0. The van der Waals surface area contributed by atoms with E-state index in [0.29, 0.717) is 0 Å². The van der Waals surface area contributed by atoms with Gasteiger partial charge >= 0.3 is 12.1 Å². The van der Waals surface area contributed by atoms with Crippen LogP contribution in [0.4, 0.5) is 13.2 Å². The van der Waals surface area contributed by atoms with Gasteiger partial charge in [0, 0.05) is 0 Å². The lowest BCUT2D eigenvalue weighted by molar-refractivity contribution is -0.203. The summed E-state index contributed by atoms with van der Waals surface area (Å²) in [7, 11) is 0. The Labute approximate surface area is 80.4 Å². The number of halogens is 3. The molecule has 2 unspecified atom stereocenters. The molecule has 1 rings (SSSR count). The summed E-state index contributed by atoms with van der Waals surface area (Å²) in [6.07, 6.45) is -4.14. The van der Waals surface area contributed by atoms with E-state index in [-0.39, 0.29) is 13.0 Å². The van der Waals surface area contributed by atoms with E-state index in [1.54, 1.807) is 0 Å². The molecule has 0 saturated carbocycles. The largest absolute Gasteiger partial charge is 0.465 e. The molecule has 82 valence electrons. The third kappa shape index (κ3) is 2.19. The number of ether oxygens (including phenoxy) is 1. The molecule has 0 aromatic carbocycles. The summed E-state index contributed by atoms with van der Waals surface area (Å²) in [5.74, 6) is -3.88. The maximum Gasteiger partial charge on any atom is 0.392 e. The Kier molecular flexibility index (Phi) is 3.07. The molecule has 0 amide bonds. The summed E-state index contributed by atoms with van der Waals surface area (Å²) in [5.41, 5.74) is 0. The average Bonchev–Trinajstić information content (AvgIpc) is 2.32. The fourth-order valence-electron chi connectivity index (χ4n) is 1.91. The van der Waals surface area contributed by atoms with Crippen molar-refractivity contribution in [1.29, 1.82) is 0 Å². The van der Waals surface area contributed by atoms with Crippen LogP contribution in [0.1, 0.15) is 20.3 Å². The molecule has 1 fully saturated rings. The molecule has 1 aliphatic rings. The number of cyclic esters (lactones) is 1. The Morgan fingerprint density at radius 1 is 1.43 bits per heavy atom. The van der Waals surface area contributed by atoms with Crippen molar-refractivity contribution in [2.24, 2.45) is 17.8 Å². The first-order valence-electron chi connectivity index (χ1n) is 4.57. The molecule has 1 heterocycles. The van der Waals surface area contributed by atoms with Gasteiger partial charge in [-0.25, -0.2) is 0 Å². The van der Waals surface area contributed by atoms with Gasteiger partial charge in [-0.15, -0.1) is 0 Å². The van der Waals surface area contributed by atoms with Gasteiger partial charge in [0.05, 0.1) is 18.4 Å². The zero-order chi connectivity index (χ0) is 10.9. The number of alkyl halides is 3. The quantitative estimate of drug-likeness (QED) is 0.654. The first-order chi connectivity index (χ1) is 6.34. The van der Waals surface area contributed by atoms with Crippen molar-refractivity contribution in [3.8, 4) is 0 Å². The van der Waals surface area contributed by atoms with Crippen LogP contribution in [-0.4, -0.2) is 18.8 Å². The molecule has 2 nitrogen and oxygen atoms in total. The Hall–Kier alpha value is -0.740. The van der Waals surface area contributed by atoms with Gasteiger partial charge in [-0.05, 0) is 12.3 Å². The lowest BCUT2D eigenvalue weighted by Crippen LogP contribution is -2.36. The van der Waals surface area contributed by atoms with E-state index in [1.165, 1.54) is 13.8 Å². The molecule has 0 bridgehead atoms. The van der Waals surface area contributed by atoms with Crippen LogP contribution in [0, 0.1) is 17.8 Å². The summed E-state index contributed by atoms with van der Waals surface area (Å²) in [5, 5.41) is 0. The van der Waals surface area contributed by atoms with Crippen LogP contribution in [0.15, 0.2) is 0 Å². The summed E-state index contributed by atoms with van der Waals surface area (Å²) in [6.45, 7) is 3.07. The minimum absolute atomic E-state index is 0.114. The minimum atomic E-state index is -4.32. The van der Waals surface area contributed by atoms with Crippen LogP contribution in [0.3, 0.4) is 0 Å². The van der Waals surface area contributed by atoms with E-state index in [0.717, 1.165) is 0 Å². The molecule has 0 N–H and O–H groups in total.